The molecule has 2 aromatic heterocycles. The number of benzene rings is 2. The van der Waals surface area contributed by atoms with E-state index < -0.39 is 6.03 Å². The number of nitrogens with zero attached hydrogens (tertiary/aromatic N) is 2. The van der Waals surface area contributed by atoms with Crippen molar-refractivity contribution in [1.82, 2.24) is 14.9 Å². The first kappa shape index (κ1) is 17.8. The molecule has 0 aliphatic heterocycles. The SMILES string of the molecule is NC(=O)NCc1c(-c2ncco2)n(-c2ccccc2)c2cc(Cl)ccc2c1=O. The van der Waals surface area contributed by atoms with Gasteiger partial charge in [-0.2, -0.15) is 0 Å². The van der Waals surface area contributed by atoms with Crippen LogP contribution in [0.1, 0.15) is 5.56 Å². The van der Waals surface area contributed by atoms with Gasteiger partial charge in [0.15, 0.2) is 5.43 Å². The van der Waals surface area contributed by atoms with Crippen molar-refractivity contribution in [2.24, 2.45) is 5.73 Å². The van der Waals surface area contributed by atoms with E-state index in [1.54, 1.807) is 18.2 Å². The predicted molar refractivity (Wildman–Crippen MR) is 106 cm³/mol. The first-order valence-corrected chi connectivity index (χ1v) is 8.80. The van der Waals surface area contributed by atoms with Crippen LogP contribution in [0.25, 0.3) is 28.2 Å². The number of fused-ring (bicyclic) bond motifs is 1. The van der Waals surface area contributed by atoms with Crippen LogP contribution >= 0.6 is 11.6 Å². The number of hydrogen-bond acceptors (Lipinski definition) is 4. The van der Waals surface area contributed by atoms with E-state index in [1.807, 2.05) is 34.9 Å². The third kappa shape index (κ3) is 3.12. The molecule has 4 rings (SSSR count). The molecule has 0 saturated heterocycles. The van der Waals surface area contributed by atoms with Crippen LogP contribution in [0.5, 0.6) is 0 Å². The minimum atomic E-state index is -0.736. The van der Waals surface area contributed by atoms with Gasteiger partial charge in [-0.3, -0.25) is 4.79 Å². The number of oxazole rings is 1. The lowest BCUT2D eigenvalue weighted by atomic mass is 10.1. The Morgan fingerprint density at radius 1 is 1.21 bits per heavy atom. The first-order chi connectivity index (χ1) is 13.6. The number of amides is 2. The average molecular weight is 395 g/mol. The Morgan fingerprint density at radius 3 is 2.68 bits per heavy atom. The number of rotatable bonds is 4. The van der Waals surface area contributed by atoms with E-state index in [0.717, 1.165) is 5.69 Å². The molecule has 2 aromatic carbocycles. The molecule has 0 radical (unpaired) electrons. The molecule has 2 amide bonds. The smallest absolute Gasteiger partial charge is 0.312 e. The minimum absolute atomic E-state index is 0.0721. The van der Waals surface area contributed by atoms with E-state index in [2.05, 4.69) is 10.3 Å². The molecule has 7 nitrogen and oxygen atoms in total. The van der Waals surface area contributed by atoms with E-state index in [4.69, 9.17) is 21.8 Å². The van der Waals surface area contributed by atoms with E-state index >= 15 is 0 Å². The van der Waals surface area contributed by atoms with Gasteiger partial charge >= 0.3 is 6.03 Å². The Kier molecular flexibility index (Phi) is 4.58. The summed E-state index contributed by atoms with van der Waals surface area (Å²) in [7, 11) is 0. The lowest BCUT2D eigenvalue weighted by Crippen LogP contribution is -2.32. The van der Waals surface area contributed by atoms with Crippen molar-refractivity contribution in [2.45, 2.75) is 6.54 Å². The number of carbonyl (C=O) groups is 1. The predicted octanol–water partition coefficient (Wildman–Crippen LogP) is 3.47. The van der Waals surface area contributed by atoms with Crippen LogP contribution in [0, 0.1) is 0 Å². The number of nitrogens with two attached hydrogens (primary N) is 1. The third-order valence-electron chi connectivity index (χ3n) is 4.32. The fraction of sp³-hybridized carbons (Fsp3) is 0.0500. The van der Waals surface area contributed by atoms with Crippen LogP contribution in [0.15, 0.2) is 70.2 Å². The largest absolute Gasteiger partial charge is 0.443 e. The van der Waals surface area contributed by atoms with Crippen molar-refractivity contribution < 1.29 is 9.21 Å². The van der Waals surface area contributed by atoms with Crippen molar-refractivity contribution >= 4 is 28.5 Å². The van der Waals surface area contributed by atoms with Crippen molar-refractivity contribution in [3.05, 3.63) is 81.8 Å². The molecule has 0 atom stereocenters. The topological polar surface area (TPSA) is 103 Å². The Bertz CT molecular complexity index is 1220. The van der Waals surface area contributed by atoms with Gasteiger partial charge in [-0.1, -0.05) is 29.8 Å². The second kappa shape index (κ2) is 7.21. The minimum Gasteiger partial charge on any atom is -0.443 e. The van der Waals surface area contributed by atoms with Gasteiger partial charge in [0.1, 0.15) is 12.0 Å². The maximum absolute atomic E-state index is 13.2. The maximum Gasteiger partial charge on any atom is 0.312 e. The molecular weight excluding hydrogens is 380 g/mol. The summed E-state index contributed by atoms with van der Waals surface area (Å²) in [6.45, 7) is -0.0721. The number of primary amides is 1. The van der Waals surface area contributed by atoms with Gasteiger partial charge in [0.2, 0.25) is 5.89 Å². The number of urea groups is 1. The molecule has 0 bridgehead atoms. The summed E-state index contributed by atoms with van der Waals surface area (Å²) >= 11 is 6.22. The highest BCUT2D eigenvalue weighted by Crippen LogP contribution is 2.30. The second-order valence-electron chi connectivity index (χ2n) is 6.04. The highest BCUT2D eigenvalue weighted by atomic mass is 35.5. The number of aromatic nitrogens is 2. The first-order valence-electron chi connectivity index (χ1n) is 8.42. The zero-order chi connectivity index (χ0) is 19.7. The number of hydrogen-bond donors (Lipinski definition) is 2. The van der Waals surface area contributed by atoms with E-state index in [0.29, 0.717) is 27.2 Å². The Hall–Kier alpha value is -3.58. The molecule has 8 heteroatoms. The van der Waals surface area contributed by atoms with Crippen LogP contribution in [-0.2, 0) is 6.54 Å². The molecule has 0 aliphatic carbocycles. The summed E-state index contributed by atoms with van der Waals surface area (Å²) in [5.41, 5.74) is 7.07. The van der Waals surface area contributed by atoms with Crippen molar-refractivity contribution in [3.8, 4) is 17.3 Å². The molecule has 0 fully saturated rings. The van der Waals surface area contributed by atoms with Crippen molar-refractivity contribution in [2.75, 3.05) is 0 Å². The summed E-state index contributed by atoms with van der Waals surface area (Å²) in [5.74, 6) is 0.240. The fourth-order valence-electron chi connectivity index (χ4n) is 3.16. The lowest BCUT2D eigenvalue weighted by Gasteiger charge is -2.19. The fourth-order valence-corrected chi connectivity index (χ4v) is 3.32. The van der Waals surface area contributed by atoms with Gasteiger partial charge in [-0.05, 0) is 30.3 Å². The van der Waals surface area contributed by atoms with Gasteiger partial charge in [0.05, 0.1) is 18.3 Å². The summed E-state index contributed by atoms with van der Waals surface area (Å²) < 4.78 is 7.36. The van der Waals surface area contributed by atoms with Crippen LogP contribution in [0.4, 0.5) is 4.79 Å². The normalized spacial score (nSPS) is 10.9. The number of halogens is 1. The standard InChI is InChI=1S/C20H15ClN4O3/c21-12-6-7-14-16(10-12)25(13-4-2-1-3-5-13)17(19-23-8-9-28-19)15(18(14)26)11-24-20(22)27/h1-10H,11H2,(H3,22,24,27). The van der Waals surface area contributed by atoms with Crippen molar-refractivity contribution in [3.63, 3.8) is 0 Å². The number of nitrogens with one attached hydrogen (secondary N) is 1. The maximum atomic E-state index is 13.2. The monoisotopic (exact) mass is 394 g/mol. The summed E-state index contributed by atoms with van der Waals surface area (Å²) in [6, 6.07) is 13.7. The highest BCUT2D eigenvalue weighted by Gasteiger charge is 2.22. The van der Waals surface area contributed by atoms with Crippen molar-refractivity contribution in [1.29, 1.82) is 0 Å². The molecule has 0 unspecified atom stereocenters. The number of pyridine rings is 1. The Balaban J connectivity index is 2.17. The van der Waals surface area contributed by atoms with Crippen LogP contribution in [-0.4, -0.2) is 15.6 Å². The van der Waals surface area contributed by atoms with Gasteiger partial charge < -0.3 is 20.0 Å². The van der Waals surface area contributed by atoms with Gasteiger partial charge in [-0.15, -0.1) is 0 Å². The molecule has 0 spiro atoms. The zero-order valence-electron chi connectivity index (χ0n) is 14.6. The third-order valence-corrected chi connectivity index (χ3v) is 4.55. The molecule has 2 heterocycles. The number of para-hydroxylation sites is 1. The molecular formula is C20H15ClN4O3. The van der Waals surface area contributed by atoms with E-state index in [1.165, 1.54) is 12.5 Å². The lowest BCUT2D eigenvalue weighted by molar-refractivity contribution is 0.248. The van der Waals surface area contributed by atoms with Crippen LogP contribution in [0.2, 0.25) is 5.02 Å². The molecule has 140 valence electrons. The average Bonchev–Trinajstić information content (AvgIpc) is 3.21. The molecule has 0 aliphatic rings. The molecule has 3 N–H and O–H groups in total. The van der Waals surface area contributed by atoms with E-state index in [9.17, 15) is 9.59 Å². The highest BCUT2D eigenvalue weighted by molar-refractivity contribution is 6.31. The van der Waals surface area contributed by atoms with Gasteiger partial charge in [0.25, 0.3) is 0 Å². The van der Waals surface area contributed by atoms with E-state index in [-0.39, 0.29) is 17.9 Å². The zero-order valence-corrected chi connectivity index (χ0v) is 15.3. The Morgan fingerprint density at radius 2 is 2.00 bits per heavy atom. The molecule has 0 saturated carbocycles. The van der Waals surface area contributed by atoms with Gasteiger partial charge in [0, 0.05) is 21.7 Å². The van der Waals surface area contributed by atoms with Crippen LogP contribution in [0.3, 0.4) is 0 Å². The summed E-state index contributed by atoms with van der Waals surface area (Å²) in [5, 5.41) is 3.42. The summed E-state index contributed by atoms with van der Waals surface area (Å²) in [4.78, 5) is 28.8. The quantitative estimate of drug-likeness (QED) is 0.553. The number of carbonyl (C=O) groups excluding carboxylic acids is 1. The second-order valence-corrected chi connectivity index (χ2v) is 6.48. The summed E-state index contributed by atoms with van der Waals surface area (Å²) in [6.07, 6.45) is 2.91. The molecule has 4 aromatic rings. The molecule has 28 heavy (non-hydrogen) atoms. The van der Waals surface area contributed by atoms with Gasteiger partial charge in [-0.25, -0.2) is 9.78 Å². The Labute approximate surface area is 164 Å². The van der Waals surface area contributed by atoms with Crippen LogP contribution < -0.4 is 16.5 Å².